The molecule has 6 heteroatoms. The van der Waals surface area contributed by atoms with Gasteiger partial charge in [-0.3, -0.25) is 4.79 Å². The third kappa shape index (κ3) is 4.15. The van der Waals surface area contributed by atoms with E-state index >= 15 is 0 Å². The maximum atomic E-state index is 12.7. The predicted octanol–water partition coefficient (Wildman–Crippen LogP) is 4.68. The topological polar surface area (TPSA) is 49.3 Å². The molecule has 1 aromatic heterocycles. The minimum Gasteiger partial charge on any atom is -0.368 e. The largest absolute Gasteiger partial charge is 0.368 e. The van der Waals surface area contributed by atoms with E-state index in [1.165, 1.54) is 11.1 Å². The first-order valence-corrected chi connectivity index (χ1v) is 11.2. The number of aromatic nitrogens is 2. The van der Waals surface area contributed by atoms with Crippen LogP contribution in [0.3, 0.4) is 0 Å². The number of ketones is 1. The average molecular weight is 433 g/mol. The summed E-state index contributed by atoms with van der Waals surface area (Å²) in [6.07, 6.45) is 3.04. The number of halogens is 1. The number of carbonyl (C=O) groups is 1. The smallest absolute Gasteiger partial charge is 0.225 e. The van der Waals surface area contributed by atoms with Crippen LogP contribution in [0.1, 0.15) is 39.5 Å². The predicted molar refractivity (Wildman–Crippen MR) is 124 cm³/mol. The van der Waals surface area contributed by atoms with E-state index in [0.717, 1.165) is 55.0 Å². The van der Waals surface area contributed by atoms with Gasteiger partial charge in [0.15, 0.2) is 5.78 Å². The minimum atomic E-state index is 0.143. The molecule has 1 saturated heterocycles. The number of anilines is 2. The fraction of sp³-hybridized carbons (Fsp3) is 0.320. The van der Waals surface area contributed by atoms with Gasteiger partial charge in [0.05, 0.1) is 11.3 Å². The highest BCUT2D eigenvalue weighted by Crippen LogP contribution is 2.32. The van der Waals surface area contributed by atoms with Crippen molar-refractivity contribution in [2.24, 2.45) is 0 Å². The second-order valence-corrected chi connectivity index (χ2v) is 8.86. The molecule has 1 fully saturated rings. The number of fused-ring (bicyclic) bond motifs is 1. The number of nitrogens with zero attached hydrogens (tertiary/aromatic N) is 4. The Bertz CT molecular complexity index is 1110. The number of Topliss-reactive ketones (excluding diaryl/α,β-unsaturated/α-hetero) is 1. The standard InChI is InChI=1S/C25H25ClN4O/c1-17-5-7-18(8-6-17)19-13-23-22(24(31)14-19)16-27-25(28-23)30-11-9-29(10-12-30)21-4-2-3-20(26)15-21/h2-8,15-16,19H,9-14H2,1H3/t19-/m0/s1. The van der Waals surface area contributed by atoms with Crippen molar-refractivity contribution in [3.05, 3.63) is 82.1 Å². The van der Waals surface area contributed by atoms with Crippen LogP contribution in [0.4, 0.5) is 11.6 Å². The second-order valence-electron chi connectivity index (χ2n) is 8.42. The Kier molecular flexibility index (Phi) is 5.36. The molecule has 0 bridgehead atoms. The number of hydrogen-bond donors (Lipinski definition) is 0. The summed E-state index contributed by atoms with van der Waals surface area (Å²) < 4.78 is 0. The quantitative estimate of drug-likeness (QED) is 0.601. The third-order valence-electron chi connectivity index (χ3n) is 6.31. The molecule has 1 aliphatic carbocycles. The van der Waals surface area contributed by atoms with E-state index in [-0.39, 0.29) is 11.7 Å². The van der Waals surface area contributed by atoms with E-state index in [1.54, 1.807) is 6.20 Å². The summed E-state index contributed by atoms with van der Waals surface area (Å²) in [5, 5.41) is 0.755. The van der Waals surface area contributed by atoms with Crippen LogP contribution in [0.2, 0.25) is 5.02 Å². The summed E-state index contributed by atoms with van der Waals surface area (Å²) in [6.45, 7) is 5.51. The number of carbonyl (C=O) groups excluding carboxylic acids is 1. The monoisotopic (exact) mass is 432 g/mol. The van der Waals surface area contributed by atoms with Crippen LogP contribution in [0, 0.1) is 6.92 Å². The van der Waals surface area contributed by atoms with E-state index in [1.807, 2.05) is 18.2 Å². The van der Waals surface area contributed by atoms with Crippen molar-refractivity contribution in [2.45, 2.75) is 25.7 Å². The number of aryl methyl sites for hydroxylation is 1. The molecule has 0 spiro atoms. The van der Waals surface area contributed by atoms with Gasteiger partial charge in [0.25, 0.3) is 0 Å². The van der Waals surface area contributed by atoms with Gasteiger partial charge in [-0.15, -0.1) is 0 Å². The maximum absolute atomic E-state index is 12.7. The molecule has 2 aliphatic rings. The van der Waals surface area contributed by atoms with Crippen molar-refractivity contribution >= 4 is 29.0 Å². The second kappa shape index (κ2) is 8.31. The molecule has 31 heavy (non-hydrogen) atoms. The molecule has 0 unspecified atom stereocenters. The highest BCUT2D eigenvalue weighted by atomic mass is 35.5. The molecule has 0 N–H and O–H groups in total. The lowest BCUT2D eigenvalue weighted by molar-refractivity contribution is 0.0962. The lowest BCUT2D eigenvalue weighted by Gasteiger charge is -2.36. The van der Waals surface area contributed by atoms with E-state index in [4.69, 9.17) is 16.6 Å². The highest BCUT2D eigenvalue weighted by Gasteiger charge is 2.29. The zero-order valence-corrected chi connectivity index (χ0v) is 18.3. The fourth-order valence-electron chi connectivity index (χ4n) is 4.50. The zero-order valence-electron chi connectivity index (χ0n) is 17.6. The van der Waals surface area contributed by atoms with Crippen LogP contribution in [0.15, 0.2) is 54.7 Å². The molecule has 0 amide bonds. The van der Waals surface area contributed by atoms with Crippen molar-refractivity contribution in [3.8, 4) is 0 Å². The summed E-state index contributed by atoms with van der Waals surface area (Å²) in [6, 6.07) is 16.5. The van der Waals surface area contributed by atoms with E-state index < -0.39 is 0 Å². The van der Waals surface area contributed by atoms with Crippen molar-refractivity contribution in [1.82, 2.24) is 9.97 Å². The normalized spacial score (nSPS) is 18.8. The summed E-state index contributed by atoms with van der Waals surface area (Å²) in [4.78, 5) is 26.7. The van der Waals surface area contributed by atoms with E-state index in [9.17, 15) is 4.79 Å². The van der Waals surface area contributed by atoms with Crippen LogP contribution in [0.25, 0.3) is 0 Å². The number of hydrogen-bond acceptors (Lipinski definition) is 5. The first-order valence-electron chi connectivity index (χ1n) is 10.8. The molecule has 0 radical (unpaired) electrons. The Morgan fingerprint density at radius 1 is 0.968 bits per heavy atom. The van der Waals surface area contributed by atoms with Crippen molar-refractivity contribution in [2.75, 3.05) is 36.0 Å². The van der Waals surface area contributed by atoms with E-state index in [2.05, 4.69) is 52.0 Å². The summed E-state index contributed by atoms with van der Waals surface area (Å²) in [5.41, 5.74) is 5.14. The van der Waals surface area contributed by atoms with Crippen LogP contribution in [-0.4, -0.2) is 41.9 Å². The van der Waals surface area contributed by atoms with E-state index in [0.29, 0.717) is 12.0 Å². The molecule has 2 heterocycles. The first kappa shape index (κ1) is 20.0. The van der Waals surface area contributed by atoms with Gasteiger partial charge >= 0.3 is 0 Å². The number of rotatable bonds is 3. The lowest BCUT2D eigenvalue weighted by atomic mass is 9.82. The fourth-order valence-corrected chi connectivity index (χ4v) is 4.68. The molecule has 5 nitrogen and oxygen atoms in total. The Morgan fingerprint density at radius 2 is 1.71 bits per heavy atom. The lowest BCUT2D eigenvalue weighted by Crippen LogP contribution is -2.47. The van der Waals surface area contributed by atoms with Crippen molar-refractivity contribution in [1.29, 1.82) is 0 Å². The van der Waals surface area contributed by atoms with Crippen LogP contribution in [-0.2, 0) is 6.42 Å². The van der Waals surface area contributed by atoms with Gasteiger partial charge in [-0.25, -0.2) is 9.97 Å². The van der Waals surface area contributed by atoms with Gasteiger partial charge in [0, 0.05) is 49.5 Å². The summed E-state index contributed by atoms with van der Waals surface area (Å²) >= 11 is 6.15. The summed E-state index contributed by atoms with van der Waals surface area (Å²) in [5.74, 6) is 1.05. The van der Waals surface area contributed by atoms with Gasteiger partial charge in [-0.05, 0) is 43.0 Å². The van der Waals surface area contributed by atoms with Gasteiger partial charge < -0.3 is 9.80 Å². The van der Waals surface area contributed by atoms with Crippen LogP contribution >= 0.6 is 11.6 Å². The molecule has 2 aromatic carbocycles. The van der Waals surface area contributed by atoms with Crippen LogP contribution < -0.4 is 9.80 Å². The van der Waals surface area contributed by atoms with Crippen molar-refractivity contribution in [3.63, 3.8) is 0 Å². The average Bonchev–Trinajstić information content (AvgIpc) is 2.79. The molecule has 3 aromatic rings. The minimum absolute atomic E-state index is 0.143. The molecule has 1 aliphatic heterocycles. The molecular weight excluding hydrogens is 408 g/mol. The third-order valence-corrected chi connectivity index (χ3v) is 6.55. The summed E-state index contributed by atoms with van der Waals surface area (Å²) in [7, 11) is 0. The van der Waals surface area contributed by atoms with Gasteiger partial charge in [0.1, 0.15) is 0 Å². The van der Waals surface area contributed by atoms with Gasteiger partial charge in [-0.1, -0.05) is 47.5 Å². The van der Waals surface area contributed by atoms with Gasteiger partial charge in [0.2, 0.25) is 5.95 Å². The first-order chi connectivity index (χ1) is 15.1. The molecular formula is C25H25ClN4O. The SMILES string of the molecule is Cc1ccc([C@@H]2CC(=O)c3cnc(N4CCN(c5cccc(Cl)c5)CC4)nc3C2)cc1. The number of piperazine rings is 1. The maximum Gasteiger partial charge on any atom is 0.225 e. The molecule has 5 rings (SSSR count). The Labute approximate surface area is 187 Å². The Balaban J connectivity index is 1.32. The molecule has 158 valence electrons. The molecule has 1 atom stereocenters. The Hall–Kier alpha value is -2.92. The number of benzene rings is 2. The Morgan fingerprint density at radius 3 is 2.45 bits per heavy atom. The zero-order chi connectivity index (χ0) is 21.4. The van der Waals surface area contributed by atoms with Crippen molar-refractivity contribution < 1.29 is 4.79 Å². The highest BCUT2D eigenvalue weighted by molar-refractivity contribution is 6.30. The van der Waals surface area contributed by atoms with Crippen LogP contribution in [0.5, 0.6) is 0 Å². The van der Waals surface area contributed by atoms with Gasteiger partial charge in [-0.2, -0.15) is 0 Å². The molecule has 0 saturated carbocycles.